The van der Waals surface area contributed by atoms with Crippen LogP contribution in [0.2, 0.25) is 0 Å². The van der Waals surface area contributed by atoms with Crippen LogP contribution in [-0.2, 0) is 9.53 Å². The Balaban J connectivity index is 1.36. The lowest BCUT2D eigenvalue weighted by molar-refractivity contribution is -0.111. The topological polar surface area (TPSA) is 70.7 Å². The number of anilines is 3. The summed E-state index contributed by atoms with van der Waals surface area (Å²) in [5.41, 5.74) is 8.33. The van der Waals surface area contributed by atoms with Crippen LogP contribution in [0.5, 0.6) is 0 Å². The van der Waals surface area contributed by atoms with Crippen molar-refractivity contribution < 1.29 is 23.1 Å². The van der Waals surface area contributed by atoms with Gasteiger partial charge in [0.2, 0.25) is 0 Å². The number of ether oxygens (including phenoxy) is 1. The van der Waals surface area contributed by atoms with E-state index in [0.29, 0.717) is 17.7 Å². The van der Waals surface area contributed by atoms with E-state index in [1.165, 1.54) is 49.4 Å². The molecule has 4 aromatic rings. The summed E-state index contributed by atoms with van der Waals surface area (Å²) in [6.07, 6.45) is -0.158. The molecule has 0 saturated carbocycles. The van der Waals surface area contributed by atoms with Crippen LogP contribution in [0.25, 0.3) is 11.1 Å². The van der Waals surface area contributed by atoms with Gasteiger partial charge < -0.3 is 14.8 Å². The highest BCUT2D eigenvalue weighted by Gasteiger charge is 2.30. The monoisotopic (exact) mass is 513 g/mol. The molecule has 0 aliphatic heterocycles. The van der Waals surface area contributed by atoms with Crippen molar-refractivity contribution >= 4 is 29.4 Å². The number of fused-ring (bicyclic) bond motifs is 3. The molecule has 38 heavy (non-hydrogen) atoms. The van der Waals surface area contributed by atoms with Crippen LogP contribution in [0.15, 0.2) is 91.0 Å². The minimum absolute atomic E-state index is 0.0702. The van der Waals surface area contributed by atoms with Crippen molar-refractivity contribution in [1.29, 1.82) is 0 Å². The van der Waals surface area contributed by atoms with E-state index in [1.807, 2.05) is 48.5 Å². The SMILES string of the molecule is C[C@@H](C=O)N(Nc1ccc(F)cc1Nc1ccc(F)cc1)C(=O)OCC1c2ccccc2-c2ccccc21. The Morgan fingerprint density at radius 1 is 0.895 bits per heavy atom. The van der Waals surface area contributed by atoms with Gasteiger partial charge >= 0.3 is 6.09 Å². The predicted molar refractivity (Wildman–Crippen MR) is 142 cm³/mol. The summed E-state index contributed by atoms with van der Waals surface area (Å²) in [5, 5.41) is 4.06. The molecule has 1 atom stereocenters. The van der Waals surface area contributed by atoms with E-state index in [0.717, 1.165) is 27.3 Å². The molecule has 2 N–H and O–H groups in total. The number of amides is 1. The number of nitrogens with zero attached hydrogens (tertiary/aromatic N) is 1. The second kappa shape index (κ2) is 10.7. The van der Waals surface area contributed by atoms with E-state index in [9.17, 15) is 18.4 Å². The first-order valence-corrected chi connectivity index (χ1v) is 12.1. The second-order valence-corrected chi connectivity index (χ2v) is 8.98. The molecular formula is C30H25F2N3O3. The number of benzene rings is 4. The summed E-state index contributed by atoms with van der Waals surface area (Å²) in [4.78, 5) is 24.9. The minimum Gasteiger partial charge on any atom is -0.447 e. The normalized spacial score (nSPS) is 12.7. The van der Waals surface area contributed by atoms with E-state index in [4.69, 9.17) is 4.74 Å². The summed E-state index contributed by atoms with van der Waals surface area (Å²) < 4.78 is 33.1. The molecule has 0 saturated heterocycles. The zero-order valence-corrected chi connectivity index (χ0v) is 20.5. The number of nitrogens with one attached hydrogen (secondary N) is 2. The number of hydrogen-bond acceptors (Lipinski definition) is 5. The number of hydrogen-bond donors (Lipinski definition) is 2. The van der Waals surface area contributed by atoms with E-state index in [1.54, 1.807) is 0 Å². The van der Waals surface area contributed by atoms with Gasteiger partial charge in [0.15, 0.2) is 0 Å². The largest absolute Gasteiger partial charge is 0.447 e. The summed E-state index contributed by atoms with van der Waals surface area (Å²) in [6.45, 7) is 1.61. The average molecular weight is 514 g/mol. The zero-order chi connectivity index (χ0) is 26.6. The molecule has 0 bridgehead atoms. The Bertz CT molecular complexity index is 1430. The van der Waals surface area contributed by atoms with Crippen molar-refractivity contribution in [2.24, 2.45) is 0 Å². The number of halogens is 2. The number of rotatable bonds is 8. The summed E-state index contributed by atoms with van der Waals surface area (Å²) in [7, 11) is 0. The van der Waals surface area contributed by atoms with Gasteiger partial charge in [0.05, 0.1) is 11.4 Å². The number of hydrazine groups is 1. The van der Waals surface area contributed by atoms with Gasteiger partial charge in [0.25, 0.3) is 0 Å². The maximum absolute atomic E-state index is 14.1. The molecule has 8 heteroatoms. The molecule has 1 aliphatic rings. The van der Waals surface area contributed by atoms with Gasteiger partial charge in [-0.15, -0.1) is 0 Å². The van der Waals surface area contributed by atoms with Crippen molar-refractivity contribution in [3.05, 3.63) is 114 Å². The van der Waals surface area contributed by atoms with Gasteiger partial charge in [-0.3, -0.25) is 5.43 Å². The zero-order valence-electron chi connectivity index (χ0n) is 20.5. The molecule has 0 heterocycles. The third-order valence-electron chi connectivity index (χ3n) is 6.48. The highest BCUT2D eigenvalue weighted by Crippen LogP contribution is 2.44. The molecule has 0 radical (unpaired) electrons. The smallest absolute Gasteiger partial charge is 0.429 e. The van der Waals surface area contributed by atoms with Crippen LogP contribution in [0.3, 0.4) is 0 Å². The molecule has 4 aromatic carbocycles. The maximum Gasteiger partial charge on any atom is 0.429 e. The van der Waals surface area contributed by atoms with Gasteiger partial charge in [0, 0.05) is 11.6 Å². The second-order valence-electron chi connectivity index (χ2n) is 8.98. The number of aldehydes is 1. The van der Waals surface area contributed by atoms with Crippen molar-refractivity contribution in [3.63, 3.8) is 0 Å². The van der Waals surface area contributed by atoms with Gasteiger partial charge in [-0.2, -0.15) is 0 Å². The number of carbonyl (C=O) groups excluding carboxylic acids is 2. The first kappa shape index (κ1) is 25.0. The van der Waals surface area contributed by atoms with Crippen molar-refractivity contribution in [2.45, 2.75) is 18.9 Å². The highest BCUT2D eigenvalue weighted by molar-refractivity contribution is 5.81. The van der Waals surface area contributed by atoms with Crippen molar-refractivity contribution in [1.82, 2.24) is 5.01 Å². The van der Waals surface area contributed by atoms with E-state index >= 15 is 0 Å². The molecular weight excluding hydrogens is 488 g/mol. The van der Waals surface area contributed by atoms with Crippen LogP contribution >= 0.6 is 0 Å². The van der Waals surface area contributed by atoms with Gasteiger partial charge in [-0.25, -0.2) is 18.6 Å². The van der Waals surface area contributed by atoms with Gasteiger partial charge in [-0.1, -0.05) is 48.5 Å². The van der Waals surface area contributed by atoms with Crippen molar-refractivity contribution in [3.8, 4) is 11.1 Å². The number of carbonyl (C=O) groups is 2. The standard InChI is InChI=1S/C30H25F2N3O3/c1-19(17-36)35(34-28-15-12-21(32)16-29(28)33-22-13-10-20(31)11-14-22)30(37)38-18-27-25-8-4-2-6-23(25)24-7-3-5-9-26(24)27/h2-17,19,27,33-34H,18H2,1H3/t19-/m0/s1. The van der Waals surface area contributed by atoms with E-state index < -0.39 is 23.8 Å². The third kappa shape index (κ3) is 5.06. The Hall–Kier alpha value is -4.72. The molecule has 1 amide bonds. The minimum atomic E-state index is -0.894. The Labute approximate surface area is 218 Å². The lowest BCUT2D eigenvalue weighted by Crippen LogP contribution is -2.44. The Morgan fingerprint density at radius 3 is 2.13 bits per heavy atom. The lowest BCUT2D eigenvalue weighted by Gasteiger charge is -2.28. The van der Waals surface area contributed by atoms with E-state index in [-0.39, 0.29) is 18.2 Å². The van der Waals surface area contributed by atoms with Crippen molar-refractivity contribution in [2.75, 3.05) is 17.3 Å². The summed E-state index contributed by atoms with van der Waals surface area (Å²) in [5.74, 6) is -1.08. The fourth-order valence-electron chi connectivity index (χ4n) is 4.57. The fraction of sp³-hybridized carbons (Fsp3) is 0.133. The van der Waals surface area contributed by atoms with Crippen LogP contribution in [0, 0.1) is 11.6 Å². The van der Waals surface area contributed by atoms with Gasteiger partial charge in [0.1, 0.15) is 30.6 Å². The van der Waals surface area contributed by atoms with Crippen LogP contribution < -0.4 is 10.7 Å². The molecule has 0 fully saturated rings. The molecule has 192 valence electrons. The molecule has 6 nitrogen and oxygen atoms in total. The van der Waals surface area contributed by atoms with Gasteiger partial charge in [-0.05, 0) is 71.6 Å². The maximum atomic E-state index is 14.1. The first-order chi connectivity index (χ1) is 18.4. The summed E-state index contributed by atoms with van der Waals surface area (Å²) in [6, 6.07) is 24.5. The lowest BCUT2D eigenvalue weighted by atomic mass is 9.98. The Kier molecular flexibility index (Phi) is 7.04. The average Bonchev–Trinajstić information content (AvgIpc) is 3.26. The van der Waals surface area contributed by atoms with Crippen LogP contribution in [0.1, 0.15) is 24.0 Å². The van der Waals surface area contributed by atoms with Crippen LogP contribution in [0.4, 0.5) is 30.6 Å². The molecule has 0 spiro atoms. The molecule has 5 rings (SSSR count). The van der Waals surface area contributed by atoms with E-state index in [2.05, 4.69) is 10.7 Å². The molecule has 0 aromatic heterocycles. The first-order valence-electron chi connectivity index (χ1n) is 12.1. The third-order valence-corrected chi connectivity index (χ3v) is 6.48. The molecule has 1 aliphatic carbocycles. The predicted octanol–water partition coefficient (Wildman–Crippen LogP) is 6.87. The van der Waals surface area contributed by atoms with Crippen LogP contribution in [-0.4, -0.2) is 30.0 Å². The molecule has 0 unspecified atom stereocenters. The fourth-order valence-corrected chi connectivity index (χ4v) is 4.57. The summed E-state index contributed by atoms with van der Waals surface area (Å²) >= 11 is 0. The quantitative estimate of drug-likeness (QED) is 0.199. The Morgan fingerprint density at radius 2 is 1.50 bits per heavy atom. The highest BCUT2D eigenvalue weighted by atomic mass is 19.1.